The van der Waals surface area contributed by atoms with Crippen LogP contribution in [0.3, 0.4) is 0 Å². The number of benzene rings is 1. The van der Waals surface area contributed by atoms with Gasteiger partial charge in [0.25, 0.3) is 5.69 Å². The van der Waals surface area contributed by atoms with Crippen LogP contribution in [-0.2, 0) is 9.84 Å². The number of nitro benzene ring substituents is 1. The van der Waals surface area contributed by atoms with Crippen molar-refractivity contribution in [2.45, 2.75) is 43.9 Å². The lowest BCUT2D eigenvalue weighted by atomic mass is 9.95. The molecule has 8 nitrogen and oxygen atoms in total. The van der Waals surface area contributed by atoms with Crippen molar-refractivity contribution in [3.63, 3.8) is 0 Å². The lowest BCUT2D eigenvalue weighted by Gasteiger charge is -2.29. The number of rotatable bonds is 5. The van der Waals surface area contributed by atoms with E-state index in [9.17, 15) is 18.5 Å². The molecule has 9 heteroatoms. The molecule has 0 spiro atoms. The number of nitrogens with one attached hydrogen (secondary N) is 1. The molecule has 2 atom stereocenters. The van der Waals surface area contributed by atoms with Gasteiger partial charge in [-0.1, -0.05) is 6.42 Å². The quantitative estimate of drug-likeness (QED) is 0.616. The van der Waals surface area contributed by atoms with Crippen LogP contribution in [0.2, 0.25) is 0 Å². The Labute approximate surface area is 158 Å². The summed E-state index contributed by atoms with van der Waals surface area (Å²) in [5.41, 5.74) is 1.46. The van der Waals surface area contributed by atoms with Gasteiger partial charge in [-0.2, -0.15) is 0 Å². The summed E-state index contributed by atoms with van der Waals surface area (Å²) < 4.78 is 23.7. The Morgan fingerprint density at radius 3 is 2.52 bits per heavy atom. The average molecular weight is 390 g/mol. The smallest absolute Gasteiger partial charge is 0.269 e. The molecule has 1 aromatic carbocycles. The van der Waals surface area contributed by atoms with E-state index in [-0.39, 0.29) is 17.0 Å². The Bertz CT molecular complexity index is 944. The molecular weight excluding hydrogens is 368 g/mol. The van der Waals surface area contributed by atoms with Crippen LogP contribution in [0.25, 0.3) is 11.4 Å². The summed E-state index contributed by atoms with van der Waals surface area (Å²) in [7, 11) is -3.05. The van der Waals surface area contributed by atoms with Gasteiger partial charge < -0.3 is 5.32 Å². The first-order valence-corrected chi connectivity index (χ1v) is 10.7. The molecular formula is C18H22N4O4S. The number of anilines is 1. The molecule has 1 aromatic heterocycles. The average Bonchev–Trinajstić information content (AvgIpc) is 2.61. The van der Waals surface area contributed by atoms with Crippen LogP contribution in [0.15, 0.2) is 30.3 Å². The van der Waals surface area contributed by atoms with Crippen LogP contribution in [0, 0.1) is 17.0 Å². The summed E-state index contributed by atoms with van der Waals surface area (Å²) >= 11 is 0. The number of aromatic nitrogens is 2. The molecule has 1 N–H and O–H groups in total. The van der Waals surface area contributed by atoms with Crippen molar-refractivity contribution in [1.29, 1.82) is 0 Å². The first-order chi connectivity index (χ1) is 12.7. The first-order valence-electron chi connectivity index (χ1n) is 8.78. The van der Waals surface area contributed by atoms with Gasteiger partial charge in [0, 0.05) is 41.8 Å². The summed E-state index contributed by atoms with van der Waals surface area (Å²) in [6.45, 7) is 1.85. The maximum absolute atomic E-state index is 11.9. The molecule has 2 aromatic rings. The van der Waals surface area contributed by atoms with Crippen molar-refractivity contribution >= 4 is 21.3 Å². The molecule has 0 aliphatic heterocycles. The SMILES string of the molecule is Cc1cc(NC2CCCC(S(C)(=O)=O)C2)nc(-c2ccc([N+](=O)[O-])cc2)n1. The van der Waals surface area contributed by atoms with Crippen LogP contribution < -0.4 is 5.32 Å². The molecule has 2 unspecified atom stereocenters. The highest BCUT2D eigenvalue weighted by atomic mass is 32.2. The molecule has 0 saturated heterocycles. The zero-order valence-electron chi connectivity index (χ0n) is 15.3. The van der Waals surface area contributed by atoms with Crippen molar-refractivity contribution in [2.24, 2.45) is 0 Å². The summed E-state index contributed by atoms with van der Waals surface area (Å²) in [6.07, 6.45) is 4.31. The van der Waals surface area contributed by atoms with Crippen LogP contribution in [0.4, 0.5) is 11.5 Å². The van der Waals surface area contributed by atoms with Crippen LogP contribution >= 0.6 is 0 Å². The van der Waals surface area contributed by atoms with Gasteiger partial charge in [0.15, 0.2) is 5.82 Å². The van der Waals surface area contributed by atoms with Gasteiger partial charge in [0.05, 0.1) is 10.2 Å². The number of nitro groups is 1. The number of hydrogen-bond acceptors (Lipinski definition) is 7. The van der Waals surface area contributed by atoms with Gasteiger partial charge in [-0.25, -0.2) is 18.4 Å². The maximum Gasteiger partial charge on any atom is 0.269 e. The normalized spacial score (nSPS) is 20.2. The van der Waals surface area contributed by atoms with E-state index in [0.29, 0.717) is 30.0 Å². The number of aryl methyl sites for hydroxylation is 1. The van der Waals surface area contributed by atoms with E-state index in [1.165, 1.54) is 18.4 Å². The molecule has 1 heterocycles. The van der Waals surface area contributed by atoms with Crippen molar-refractivity contribution in [1.82, 2.24) is 9.97 Å². The Morgan fingerprint density at radius 1 is 1.19 bits per heavy atom. The zero-order valence-corrected chi connectivity index (χ0v) is 16.1. The minimum absolute atomic E-state index is 0.0128. The highest BCUT2D eigenvalue weighted by Gasteiger charge is 2.29. The van der Waals surface area contributed by atoms with Crippen molar-refractivity contribution < 1.29 is 13.3 Å². The lowest BCUT2D eigenvalue weighted by Crippen LogP contribution is -2.34. The predicted molar refractivity (Wildman–Crippen MR) is 103 cm³/mol. The summed E-state index contributed by atoms with van der Waals surface area (Å²) in [4.78, 5) is 19.3. The van der Waals surface area contributed by atoms with Crippen LogP contribution in [0.5, 0.6) is 0 Å². The molecule has 1 aliphatic rings. The molecule has 0 radical (unpaired) electrons. The maximum atomic E-state index is 11.9. The topological polar surface area (TPSA) is 115 Å². The fourth-order valence-corrected chi connectivity index (χ4v) is 4.55. The zero-order chi connectivity index (χ0) is 19.6. The van der Waals surface area contributed by atoms with E-state index in [2.05, 4.69) is 15.3 Å². The van der Waals surface area contributed by atoms with E-state index < -0.39 is 14.8 Å². The monoisotopic (exact) mass is 390 g/mol. The summed E-state index contributed by atoms with van der Waals surface area (Å²) in [5.74, 6) is 1.11. The number of hydrogen-bond donors (Lipinski definition) is 1. The van der Waals surface area contributed by atoms with E-state index in [0.717, 1.165) is 18.5 Å². The third-order valence-corrected chi connectivity index (χ3v) is 6.41. The summed E-state index contributed by atoms with van der Waals surface area (Å²) in [5, 5.41) is 13.8. The van der Waals surface area contributed by atoms with Crippen molar-refractivity contribution in [3.05, 3.63) is 46.1 Å². The fraction of sp³-hybridized carbons (Fsp3) is 0.444. The minimum Gasteiger partial charge on any atom is -0.367 e. The van der Waals surface area contributed by atoms with Gasteiger partial charge in [-0.15, -0.1) is 0 Å². The lowest BCUT2D eigenvalue weighted by molar-refractivity contribution is -0.384. The highest BCUT2D eigenvalue weighted by molar-refractivity contribution is 7.91. The van der Waals surface area contributed by atoms with Gasteiger partial charge >= 0.3 is 0 Å². The van der Waals surface area contributed by atoms with Gasteiger partial charge in [0.1, 0.15) is 15.7 Å². The standard InChI is InChI=1S/C18H22N4O4S/c1-12-10-17(20-14-4-3-5-16(11-14)27(2,25)26)21-18(19-12)13-6-8-15(9-7-13)22(23)24/h6-10,14,16H,3-5,11H2,1-2H3,(H,19,20,21). The van der Waals surface area contributed by atoms with Gasteiger partial charge in [-0.3, -0.25) is 10.1 Å². The Hall–Kier alpha value is -2.55. The first kappa shape index (κ1) is 19.2. The molecule has 3 rings (SSSR count). The molecule has 1 saturated carbocycles. The summed E-state index contributed by atoms with van der Waals surface area (Å²) in [6, 6.07) is 7.95. The third-order valence-electron chi connectivity index (χ3n) is 4.77. The second-order valence-electron chi connectivity index (χ2n) is 6.98. The van der Waals surface area contributed by atoms with Crippen molar-refractivity contribution in [2.75, 3.05) is 11.6 Å². The van der Waals surface area contributed by atoms with Crippen LogP contribution in [-0.4, -0.2) is 40.9 Å². The molecule has 144 valence electrons. The Balaban J connectivity index is 1.80. The van der Waals surface area contributed by atoms with E-state index in [1.807, 2.05) is 13.0 Å². The molecule has 27 heavy (non-hydrogen) atoms. The molecule has 1 fully saturated rings. The molecule has 0 bridgehead atoms. The molecule has 1 aliphatic carbocycles. The largest absolute Gasteiger partial charge is 0.367 e. The highest BCUT2D eigenvalue weighted by Crippen LogP contribution is 2.27. The number of nitrogens with zero attached hydrogens (tertiary/aromatic N) is 3. The fourth-order valence-electron chi connectivity index (χ4n) is 3.38. The predicted octanol–water partition coefficient (Wildman–Crippen LogP) is 3.13. The number of non-ortho nitro benzene ring substituents is 1. The van der Waals surface area contributed by atoms with E-state index in [4.69, 9.17) is 0 Å². The minimum atomic E-state index is -3.05. The third kappa shape index (κ3) is 4.79. The van der Waals surface area contributed by atoms with E-state index in [1.54, 1.807) is 12.1 Å². The second-order valence-corrected chi connectivity index (χ2v) is 9.31. The second kappa shape index (κ2) is 7.59. The van der Waals surface area contributed by atoms with Gasteiger partial charge in [0.2, 0.25) is 0 Å². The Morgan fingerprint density at radius 2 is 1.89 bits per heavy atom. The van der Waals surface area contributed by atoms with E-state index >= 15 is 0 Å². The van der Waals surface area contributed by atoms with Crippen molar-refractivity contribution in [3.8, 4) is 11.4 Å². The number of sulfone groups is 1. The van der Waals surface area contributed by atoms with Crippen LogP contribution in [0.1, 0.15) is 31.4 Å². The van der Waals surface area contributed by atoms with Gasteiger partial charge in [-0.05, 0) is 38.3 Å². The Kier molecular flexibility index (Phi) is 5.41. The molecule has 0 amide bonds.